The highest BCUT2D eigenvalue weighted by Gasteiger charge is 2.49. The van der Waals surface area contributed by atoms with Gasteiger partial charge < -0.3 is 39.2 Å². The van der Waals surface area contributed by atoms with Crippen LogP contribution < -0.4 is 16.0 Å². The van der Waals surface area contributed by atoms with Crippen molar-refractivity contribution in [3.05, 3.63) is 95.7 Å². The number of fused-ring (bicyclic) bond motifs is 4. The number of benzene rings is 3. The number of aliphatic carboxylic acids is 1. The van der Waals surface area contributed by atoms with Gasteiger partial charge in [-0.2, -0.15) is 0 Å². The first-order chi connectivity index (χ1) is 31.3. The normalized spacial score (nSPS) is 14.0. The highest BCUT2D eigenvalue weighted by molar-refractivity contribution is 6.75. The minimum Gasteiger partial charge on any atom is -0.481 e. The monoisotopic (exact) mass is 956 g/mol. The molecule has 364 valence electrons. The largest absolute Gasteiger partial charge is 0.481 e. The summed E-state index contributed by atoms with van der Waals surface area (Å²) in [6.07, 6.45) is -3.31. The summed E-state index contributed by atoms with van der Waals surface area (Å²) in [5.74, 6) is -2.54. The van der Waals surface area contributed by atoms with Crippen LogP contribution in [0, 0.1) is 0 Å². The number of aromatic nitrogens is 1. The molecule has 1 aromatic heterocycles. The third-order valence-corrected chi connectivity index (χ3v) is 22.5. The van der Waals surface area contributed by atoms with Gasteiger partial charge in [0.1, 0.15) is 6.61 Å². The predicted octanol–water partition coefficient (Wildman–Crippen LogP) is 7.86. The fourth-order valence-corrected chi connectivity index (χ4v) is 9.95. The first kappa shape index (κ1) is 52.6. The first-order valence-electron chi connectivity index (χ1n) is 23.1. The lowest BCUT2D eigenvalue weighted by molar-refractivity contribution is -0.144. The van der Waals surface area contributed by atoms with Crippen LogP contribution in [0.25, 0.3) is 22.0 Å². The number of hydrazine groups is 1. The van der Waals surface area contributed by atoms with Crippen molar-refractivity contribution < 1.29 is 42.7 Å². The number of aryl methyl sites for hydroxylation is 1. The summed E-state index contributed by atoms with van der Waals surface area (Å²) in [6, 6.07) is 26.4. The quantitative estimate of drug-likeness (QED) is 0.0365. The van der Waals surface area contributed by atoms with Crippen LogP contribution in [0.5, 0.6) is 0 Å². The van der Waals surface area contributed by atoms with Crippen molar-refractivity contribution in [1.29, 1.82) is 0 Å². The van der Waals surface area contributed by atoms with Gasteiger partial charge in [0.15, 0.2) is 28.8 Å². The Bertz CT molecular complexity index is 2360. The number of hydrogen-bond donors (Lipinski definition) is 4. The molecule has 4 N–H and O–H groups in total. The SMILES string of the molecule is CN(Cc1cc2ccccc2n1CCC(=O)NCCNC(=O)[C@H](O[Si](C)(C)C(C)(C)C)[C@H](O[Si](C)(C)C(C)(C)C)C(=O)NCCC(=O)O)N(C)C(=O)OCC1c2ccccc2-c2ccccc21. The second-order valence-corrected chi connectivity index (χ2v) is 29.9. The molecule has 1 aliphatic rings. The molecule has 0 aliphatic heterocycles. The van der Waals surface area contributed by atoms with Gasteiger partial charge in [-0.25, -0.2) is 14.8 Å². The lowest BCUT2D eigenvalue weighted by atomic mass is 9.98. The number of carboxylic acids is 1. The van der Waals surface area contributed by atoms with Crippen LogP contribution in [0.1, 0.15) is 77.1 Å². The Hall–Kier alpha value is -5.34. The molecule has 0 unspecified atom stereocenters. The number of carbonyl (C=O) groups excluding carboxylic acids is 4. The van der Waals surface area contributed by atoms with E-state index in [4.69, 9.17) is 13.6 Å². The minimum absolute atomic E-state index is 0.0556. The molecule has 1 aliphatic carbocycles. The molecule has 0 bridgehead atoms. The van der Waals surface area contributed by atoms with Crippen molar-refractivity contribution in [1.82, 2.24) is 30.5 Å². The molecule has 1 heterocycles. The van der Waals surface area contributed by atoms with E-state index in [0.29, 0.717) is 13.1 Å². The smallest absolute Gasteiger partial charge is 0.424 e. The maximum absolute atomic E-state index is 14.2. The summed E-state index contributed by atoms with van der Waals surface area (Å²) in [5, 5.41) is 21.3. The van der Waals surface area contributed by atoms with Gasteiger partial charge in [0.25, 0.3) is 11.8 Å². The van der Waals surface area contributed by atoms with Gasteiger partial charge >= 0.3 is 12.1 Å². The predicted molar refractivity (Wildman–Crippen MR) is 266 cm³/mol. The third kappa shape index (κ3) is 13.0. The zero-order valence-corrected chi connectivity index (χ0v) is 43.4. The summed E-state index contributed by atoms with van der Waals surface area (Å²) in [6.45, 7) is 21.0. The van der Waals surface area contributed by atoms with Crippen LogP contribution in [0.2, 0.25) is 36.3 Å². The highest BCUT2D eigenvalue weighted by Crippen LogP contribution is 2.45. The Morgan fingerprint density at radius 3 is 1.73 bits per heavy atom. The van der Waals surface area contributed by atoms with E-state index in [-0.39, 0.29) is 61.0 Å². The summed E-state index contributed by atoms with van der Waals surface area (Å²) >= 11 is 0. The number of carbonyl (C=O) groups is 5. The van der Waals surface area contributed by atoms with E-state index < -0.39 is 52.7 Å². The zero-order valence-electron chi connectivity index (χ0n) is 41.4. The Labute approximate surface area is 398 Å². The topological polar surface area (TPSA) is 181 Å². The van der Waals surface area contributed by atoms with Crippen LogP contribution in [0.3, 0.4) is 0 Å². The molecule has 3 aromatic carbocycles. The maximum Gasteiger partial charge on any atom is 0.424 e. The summed E-state index contributed by atoms with van der Waals surface area (Å²) < 4.78 is 21.3. The van der Waals surface area contributed by atoms with Crippen molar-refractivity contribution in [2.45, 2.75) is 122 Å². The molecular weight excluding hydrogens is 885 g/mol. The molecule has 0 saturated heterocycles. The molecule has 15 nitrogen and oxygen atoms in total. The Balaban J connectivity index is 1.21. The van der Waals surface area contributed by atoms with Crippen LogP contribution in [0.4, 0.5) is 4.79 Å². The molecule has 4 amide bonds. The van der Waals surface area contributed by atoms with Gasteiger partial charge in [-0.15, -0.1) is 0 Å². The number of para-hydroxylation sites is 1. The molecule has 17 heteroatoms. The van der Waals surface area contributed by atoms with Gasteiger partial charge in [-0.3, -0.25) is 19.2 Å². The van der Waals surface area contributed by atoms with Gasteiger partial charge in [-0.05, 0) is 76.0 Å². The van der Waals surface area contributed by atoms with Gasteiger partial charge in [0.05, 0.1) is 13.0 Å². The van der Waals surface area contributed by atoms with E-state index in [1.54, 1.807) is 12.1 Å². The highest BCUT2D eigenvalue weighted by atomic mass is 28.4. The molecule has 67 heavy (non-hydrogen) atoms. The van der Waals surface area contributed by atoms with Gasteiger partial charge in [-0.1, -0.05) is 108 Å². The number of hydrogen-bond acceptors (Lipinski definition) is 9. The van der Waals surface area contributed by atoms with Gasteiger partial charge in [0.2, 0.25) is 5.91 Å². The van der Waals surface area contributed by atoms with Crippen LogP contribution in [-0.2, 0) is 45.9 Å². The lowest BCUT2D eigenvalue weighted by Gasteiger charge is -2.44. The second kappa shape index (κ2) is 21.7. The van der Waals surface area contributed by atoms with Crippen molar-refractivity contribution in [2.24, 2.45) is 0 Å². The summed E-state index contributed by atoms with van der Waals surface area (Å²) in [5.41, 5.74) is 6.44. The van der Waals surface area contributed by atoms with Crippen molar-refractivity contribution >= 4 is 57.3 Å². The number of amides is 4. The number of rotatable bonds is 21. The number of ether oxygens (including phenoxy) is 1. The fourth-order valence-electron chi connectivity index (χ4n) is 7.51. The Morgan fingerprint density at radius 2 is 1.19 bits per heavy atom. The average Bonchev–Trinajstić information content (AvgIpc) is 3.77. The minimum atomic E-state index is -2.69. The van der Waals surface area contributed by atoms with Crippen LogP contribution in [0.15, 0.2) is 78.9 Å². The van der Waals surface area contributed by atoms with E-state index in [1.807, 2.05) is 123 Å². The fraction of sp³-hybridized carbons (Fsp3) is 0.500. The zero-order chi connectivity index (χ0) is 49.5. The first-order valence-corrected chi connectivity index (χ1v) is 28.9. The molecule has 4 aromatic rings. The van der Waals surface area contributed by atoms with E-state index in [1.165, 1.54) is 5.01 Å². The maximum atomic E-state index is 14.2. The van der Waals surface area contributed by atoms with E-state index in [2.05, 4.69) is 50.8 Å². The molecule has 0 spiro atoms. The standard InChI is InChI=1S/C50H72N6O9Si2/c1-49(2,3)66(9,10)64-44(46(60)52-27-25-43(58)59)45(65-67(11,12)50(4,5)6)47(61)53-29-28-51-42(57)26-30-56-35(31-34-19-13-18-24-41(34)56)32-54(7)55(8)48(62)63-33-40-38-22-16-14-20-36(38)37-21-15-17-23-39(37)40/h13-24,31,40,44-45H,25-30,32-33H2,1-12H3,(H,51,57)(H,52,60)(H,53,61)(H,58,59)/t44-,45+/m0/s1. The van der Waals surface area contributed by atoms with Crippen molar-refractivity contribution in [3.63, 3.8) is 0 Å². The van der Waals surface area contributed by atoms with Crippen LogP contribution >= 0.6 is 0 Å². The Kier molecular flexibility index (Phi) is 17.1. The summed E-state index contributed by atoms with van der Waals surface area (Å²) in [7, 11) is -1.87. The van der Waals surface area contributed by atoms with Crippen molar-refractivity contribution in [2.75, 3.05) is 40.3 Å². The molecule has 0 fully saturated rings. The second-order valence-electron chi connectivity index (χ2n) is 20.4. The van der Waals surface area contributed by atoms with Crippen molar-refractivity contribution in [3.8, 4) is 11.1 Å². The number of nitrogens with zero attached hydrogens (tertiary/aromatic N) is 3. The van der Waals surface area contributed by atoms with Crippen LogP contribution in [-0.4, -0.2) is 119 Å². The molecule has 5 rings (SSSR count). The van der Waals surface area contributed by atoms with E-state index >= 15 is 0 Å². The lowest BCUT2D eigenvalue weighted by Crippen LogP contribution is -2.60. The Morgan fingerprint density at radius 1 is 0.701 bits per heavy atom. The molecule has 2 atom stereocenters. The number of nitrogens with one attached hydrogen (secondary N) is 3. The summed E-state index contributed by atoms with van der Waals surface area (Å²) in [4.78, 5) is 66.1. The molecular formula is C50H72N6O9Si2. The number of carboxylic acid groups (broad SMARTS) is 1. The molecule has 0 radical (unpaired) electrons. The third-order valence-electron chi connectivity index (χ3n) is 13.6. The average molecular weight is 957 g/mol. The van der Waals surface area contributed by atoms with E-state index in [0.717, 1.165) is 38.9 Å². The van der Waals surface area contributed by atoms with Gasteiger partial charge in [0, 0.05) is 63.8 Å². The van der Waals surface area contributed by atoms with E-state index in [9.17, 15) is 29.1 Å². The molecule has 0 saturated carbocycles.